The molecule has 2 aromatic carbocycles. The first-order valence-corrected chi connectivity index (χ1v) is 10.6. The SMILES string of the molecule is N#Cc1cc(Oc2ccc(OCC34CC(NC(=O)O)(C3)C4)cc2)cc(Cl)c1OC1CC1. The molecule has 1 amide bonds. The second kappa shape index (κ2) is 7.24. The Morgan fingerprint density at radius 2 is 1.84 bits per heavy atom. The van der Waals surface area contributed by atoms with Crippen LogP contribution in [-0.4, -0.2) is 29.4 Å². The molecule has 0 unspecified atom stereocenters. The molecule has 0 heterocycles. The van der Waals surface area contributed by atoms with Crippen molar-refractivity contribution in [2.75, 3.05) is 6.61 Å². The zero-order valence-electron chi connectivity index (χ0n) is 16.7. The summed E-state index contributed by atoms with van der Waals surface area (Å²) in [5.41, 5.74) is 0.213. The van der Waals surface area contributed by atoms with Crippen LogP contribution in [0.5, 0.6) is 23.0 Å². The number of hydrogen-bond acceptors (Lipinski definition) is 5. The zero-order valence-corrected chi connectivity index (χ0v) is 17.4. The molecule has 0 aliphatic heterocycles. The summed E-state index contributed by atoms with van der Waals surface area (Å²) >= 11 is 6.31. The molecule has 0 atom stereocenters. The van der Waals surface area contributed by atoms with Crippen molar-refractivity contribution in [1.82, 2.24) is 5.32 Å². The van der Waals surface area contributed by atoms with Crippen LogP contribution >= 0.6 is 11.6 Å². The summed E-state index contributed by atoms with van der Waals surface area (Å²) in [7, 11) is 0. The van der Waals surface area contributed by atoms with Crippen molar-refractivity contribution in [1.29, 1.82) is 5.26 Å². The van der Waals surface area contributed by atoms with Crippen molar-refractivity contribution < 1.29 is 24.1 Å². The largest absolute Gasteiger partial charge is 0.493 e. The molecule has 0 aromatic heterocycles. The molecule has 7 nitrogen and oxygen atoms in total. The van der Waals surface area contributed by atoms with E-state index in [1.807, 2.05) is 12.1 Å². The Bertz CT molecular complexity index is 1050. The number of carboxylic acid groups (broad SMARTS) is 1. The van der Waals surface area contributed by atoms with Gasteiger partial charge in [0.1, 0.15) is 23.3 Å². The van der Waals surface area contributed by atoms with Gasteiger partial charge >= 0.3 is 6.09 Å². The van der Waals surface area contributed by atoms with Crippen molar-refractivity contribution in [2.24, 2.45) is 5.41 Å². The number of carbonyl (C=O) groups is 1. The maximum Gasteiger partial charge on any atom is 0.405 e. The molecule has 0 spiro atoms. The molecule has 2 aromatic rings. The lowest BCUT2D eigenvalue weighted by atomic mass is 9.39. The van der Waals surface area contributed by atoms with Gasteiger partial charge in [0.05, 0.1) is 23.3 Å². The molecule has 4 aliphatic rings. The van der Waals surface area contributed by atoms with E-state index in [1.165, 1.54) is 0 Å². The predicted molar refractivity (Wildman–Crippen MR) is 112 cm³/mol. The van der Waals surface area contributed by atoms with E-state index in [1.54, 1.807) is 24.3 Å². The van der Waals surface area contributed by atoms with E-state index >= 15 is 0 Å². The van der Waals surface area contributed by atoms with Crippen molar-refractivity contribution in [2.45, 2.75) is 43.7 Å². The van der Waals surface area contributed by atoms with Gasteiger partial charge in [-0.2, -0.15) is 5.26 Å². The van der Waals surface area contributed by atoms with Gasteiger partial charge in [0, 0.05) is 23.1 Å². The summed E-state index contributed by atoms with van der Waals surface area (Å²) in [6, 6.07) is 12.6. The number of rotatable bonds is 8. The van der Waals surface area contributed by atoms with Gasteiger partial charge < -0.3 is 24.6 Å². The summed E-state index contributed by atoms with van der Waals surface area (Å²) in [6.07, 6.45) is 3.64. The van der Waals surface area contributed by atoms with Gasteiger partial charge in [0.15, 0.2) is 5.75 Å². The van der Waals surface area contributed by atoms with E-state index in [2.05, 4.69) is 11.4 Å². The molecule has 0 radical (unpaired) electrons. The predicted octanol–water partition coefficient (Wildman–Crippen LogP) is 5.11. The smallest absolute Gasteiger partial charge is 0.405 e. The molecule has 4 aliphatic carbocycles. The number of nitrogens with zero attached hydrogens (tertiary/aromatic N) is 1. The number of nitrogens with one attached hydrogen (secondary N) is 1. The first-order valence-electron chi connectivity index (χ1n) is 10.2. The molecule has 2 N–H and O–H groups in total. The first kappa shape index (κ1) is 19.8. The second-order valence-electron chi connectivity index (χ2n) is 8.81. The third-order valence-electron chi connectivity index (χ3n) is 6.06. The fourth-order valence-corrected chi connectivity index (χ4v) is 4.92. The van der Waals surface area contributed by atoms with Gasteiger partial charge in [-0.05, 0) is 56.4 Å². The van der Waals surface area contributed by atoms with E-state index in [0.29, 0.717) is 34.4 Å². The molecule has 8 heteroatoms. The Morgan fingerprint density at radius 1 is 1.16 bits per heavy atom. The van der Waals surface area contributed by atoms with Gasteiger partial charge in [-0.25, -0.2) is 4.79 Å². The average Bonchev–Trinajstić information content (AvgIpc) is 3.49. The third kappa shape index (κ3) is 3.96. The third-order valence-corrected chi connectivity index (χ3v) is 6.34. The van der Waals surface area contributed by atoms with Gasteiger partial charge in [-0.1, -0.05) is 11.6 Å². The first-order chi connectivity index (χ1) is 14.9. The second-order valence-corrected chi connectivity index (χ2v) is 9.22. The molecule has 0 saturated heterocycles. The summed E-state index contributed by atoms with van der Waals surface area (Å²) in [5.74, 6) is 2.19. The Hall–Kier alpha value is -3.11. The van der Waals surface area contributed by atoms with Crippen LogP contribution in [-0.2, 0) is 0 Å². The lowest BCUT2D eigenvalue weighted by Crippen LogP contribution is -2.76. The average molecular weight is 441 g/mol. The van der Waals surface area contributed by atoms with Gasteiger partial charge in [-0.3, -0.25) is 0 Å². The number of ether oxygens (including phenoxy) is 3. The number of amides is 1. The van der Waals surface area contributed by atoms with E-state index in [-0.39, 0.29) is 17.1 Å². The van der Waals surface area contributed by atoms with E-state index in [4.69, 9.17) is 30.9 Å². The van der Waals surface area contributed by atoms with Crippen molar-refractivity contribution >= 4 is 17.7 Å². The molecular weight excluding hydrogens is 420 g/mol. The Balaban J connectivity index is 1.17. The molecule has 4 fully saturated rings. The van der Waals surface area contributed by atoms with Crippen LogP contribution in [0.4, 0.5) is 4.79 Å². The van der Waals surface area contributed by atoms with Crippen molar-refractivity contribution in [3.63, 3.8) is 0 Å². The Morgan fingerprint density at radius 3 is 2.45 bits per heavy atom. The zero-order chi connectivity index (χ0) is 21.6. The van der Waals surface area contributed by atoms with Crippen LogP contribution in [0, 0.1) is 16.7 Å². The highest BCUT2D eigenvalue weighted by atomic mass is 35.5. The van der Waals surface area contributed by atoms with Crippen LogP contribution < -0.4 is 19.5 Å². The van der Waals surface area contributed by atoms with Crippen molar-refractivity contribution in [3.8, 4) is 29.1 Å². The number of halogens is 1. The highest BCUT2D eigenvalue weighted by Crippen LogP contribution is 2.67. The lowest BCUT2D eigenvalue weighted by Gasteiger charge is -2.69. The number of benzene rings is 2. The lowest BCUT2D eigenvalue weighted by molar-refractivity contribution is -0.168. The monoisotopic (exact) mass is 440 g/mol. The number of hydrogen-bond donors (Lipinski definition) is 2. The van der Waals surface area contributed by atoms with Gasteiger partial charge in [-0.15, -0.1) is 0 Å². The summed E-state index contributed by atoms with van der Waals surface area (Å²) in [4.78, 5) is 10.8. The summed E-state index contributed by atoms with van der Waals surface area (Å²) in [5, 5.41) is 21.3. The van der Waals surface area contributed by atoms with Gasteiger partial charge in [0.2, 0.25) is 0 Å². The van der Waals surface area contributed by atoms with E-state index < -0.39 is 6.09 Å². The standard InChI is InChI=1S/C23H21ClN2O5/c24-19-8-18(7-14(9-25)20(19)31-17-5-6-17)30-16-3-1-15(2-4-16)29-13-22-10-23(11-22,12-22)26-21(27)28/h1-4,7-8,17,26H,5-6,10-13H2,(H,27,28). The quantitative estimate of drug-likeness (QED) is 0.591. The minimum absolute atomic E-state index is 0.0896. The number of nitriles is 1. The topological polar surface area (TPSA) is 101 Å². The minimum atomic E-state index is -0.960. The van der Waals surface area contributed by atoms with Crippen LogP contribution in [0.2, 0.25) is 5.02 Å². The fourth-order valence-electron chi connectivity index (χ4n) is 4.67. The molecule has 2 bridgehead atoms. The molecule has 31 heavy (non-hydrogen) atoms. The Labute approximate surface area is 184 Å². The highest BCUT2D eigenvalue weighted by Gasteiger charge is 2.69. The normalized spacial score (nSPS) is 25.4. The van der Waals surface area contributed by atoms with Crippen LogP contribution in [0.25, 0.3) is 0 Å². The maximum atomic E-state index is 10.8. The maximum absolute atomic E-state index is 10.8. The van der Waals surface area contributed by atoms with Crippen molar-refractivity contribution in [3.05, 3.63) is 47.0 Å². The fraction of sp³-hybridized carbons (Fsp3) is 0.391. The molecule has 6 rings (SSSR count). The Kier molecular flexibility index (Phi) is 4.63. The minimum Gasteiger partial charge on any atom is -0.493 e. The van der Waals surface area contributed by atoms with E-state index in [9.17, 15) is 10.1 Å². The molecule has 4 saturated carbocycles. The summed E-state index contributed by atoms with van der Waals surface area (Å²) < 4.78 is 17.5. The molecular formula is C23H21ClN2O5. The summed E-state index contributed by atoms with van der Waals surface area (Å²) in [6.45, 7) is 0.569. The van der Waals surface area contributed by atoms with Crippen LogP contribution in [0.15, 0.2) is 36.4 Å². The van der Waals surface area contributed by atoms with Crippen LogP contribution in [0.3, 0.4) is 0 Å². The molecule has 160 valence electrons. The van der Waals surface area contributed by atoms with E-state index in [0.717, 1.165) is 37.9 Å². The highest BCUT2D eigenvalue weighted by molar-refractivity contribution is 6.32. The van der Waals surface area contributed by atoms with Gasteiger partial charge in [0.25, 0.3) is 0 Å². The van der Waals surface area contributed by atoms with Crippen LogP contribution in [0.1, 0.15) is 37.7 Å².